The molecule has 0 atom stereocenters. The Balaban J connectivity index is 1.74. The predicted molar refractivity (Wildman–Crippen MR) is 111 cm³/mol. The lowest BCUT2D eigenvalue weighted by atomic mass is 10.1. The molecule has 0 unspecified atom stereocenters. The maximum Gasteiger partial charge on any atom is 0.348 e. The van der Waals surface area contributed by atoms with Gasteiger partial charge in [-0.25, -0.2) is 4.79 Å². The van der Waals surface area contributed by atoms with Crippen LogP contribution in [0.5, 0.6) is 5.75 Å². The SMILES string of the molecule is Cc1c(C(=O)O)sc([N+](=O)[O-])c1Nc1ccc2c(c1)N(c1ccccc1)CCO2. The molecular weight excluding hydrogens is 394 g/mol. The molecular formula is C20H17N3O5S. The number of nitrogens with one attached hydrogen (secondary N) is 1. The van der Waals surface area contributed by atoms with Gasteiger partial charge in [-0.15, -0.1) is 0 Å². The molecule has 2 heterocycles. The molecule has 0 spiro atoms. The fraction of sp³-hybridized carbons (Fsp3) is 0.150. The predicted octanol–water partition coefficient (Wildman–Crippen LogP) is 4.94. The third kappa shape index (κ3) is 3.47. The summed E-state index contributed by atoms with van der Waals surface area (Å²) in [6.45, 7) is 2.78. The third-order valence-electron chi connectivity index (χ3n) is 4.65. The van der Waals surface area contributed by atoms with E-state index in [1.807, 2.05) is 36.4 Å². The van der Waals surface area contributed by atoms with Crippen molar-refractivity contribution in [2.75, 3.05) is 23.4 Å². The second-order valence-corrected chi connectivity index (χ2v) is 7.44. The molecule has 9 heteroatoms. The summed E-state index contributed by atoms with van der Waals surface area (Å²) in [5, 5.41) is 23.5. The van der Waals surface area contributed by atoms with E-state index in [2.05, 4.69) is 10.2 Å². The average molecular weight is 411 g/mol. The number of hydrogen-bond donors (Lipinski definition) is 2. The van der Waals surface area contributed by atoms with Crippen molar-refractivity contribution >= 4 is 45.1 Å². The summed E-state index contributed by atoms with van der Waals surface area (Å²) >= 11 is 0.652. The van der Waals surface area contributed by atoms with Gasteiger partial charge in [-0.05, 0) is 37.3 Å². The Labute approximate surface area is 170 Å². The number of carbonyl (C=O) groups is 1. The number of anilines is 4. The van der Waals surface area contributed by atoms with Crippen molar-refractivity contribution in [3.63, 3.8) is 0 Å². The van der Waals surface area contributed by atoms with Crippen LogP contribution in [-0.4, -0.2) is 29.2 Å². The Morgan fingerprint density at radius 1 is 1.28 bits per heavy atom. The first-order chi connectivity index (χ1) is 14.0. The second kappa shape index (κ2) is 7.44. The molecule has 0 radical (unpaired) electrons. The molecule has 1 aliphatic rings. The molecule has 29 heavy (non-hydrogen) atoms. The number of hydrogen-bond acceptors (Lipinski definition) is 7. The molecule has 0 saturated carbocycles. The Morgan fingerprint density at radius 3 is 2.72 bits per heavy atom. The van der Waals surface area contributed by atoms with Crippen LogP contribution in [0.4, 0.5) is 27.8 Å². The van der Waals surface area contributed by atoms with Gasteiger partial charge in [0.15, 0.2) is 0 Å². The lowest BCUT2D eigenvalue weighted by Gasteiger charge is -2.31. The summed E-state index contributed by atoms with van der Waals surface area (Å²) in [6.07, 6.45) is 0. The number of ether oxygens (including phenoxy) is 1. The molecule has 4 rings (SSSR count). The number of carboxylic acid groups (broad SMARTS) is 1. The summed E-state index contributed by atoms with van der Waals surface area (Å²) in [5.74, 6) is -0.467. The van der Waals surface area contributed by atoms with Crippen LogP contribution in [0.3, 0.4) is 0 Å². The van der Waals surface area contributed by atoms with Crippen molar-refractivity contribution in [1.29, 1.82) is 0 Å². The Hall–Kier alpha value is -3.59. The standard InChI is InChI=1S/C20H17N3O5S/c1-12-17(19(23(26)27)29-18(12)20(24)25)21-13-7-8-16-15(11-13)22(9-10-28-16)14-5-3-2-4-6-14/h2-8,11,21H,9-10H2,1H3,(H,24,25). The molecule has 0 amide bonds. The summed E-state index contributed by atoms with van der Waals surface area (Å²) in [4.78, 5) is 24.3. The monoisotopic (exact) mass is 411 g/mol. The highest BCUT2D eigenvalue weighted by atomic mass is 32.1. The minimum Gasteiger partial charge on any atom is -0.490 e. The van der Waals surface area contributed by atoms with Crippen LogP contribution < -0.4 is 15.0 Å². The zero-order valence-electron chi connectivity index (χ0n) is 15.4. The van der Waals surface area contributed by atoms with Crippen molar-refractivity contribution in [1.82, 2.24) is 0 Å². The van der Waals surface area contributed by atoms with Gasteiger partial charge in [-0.3, -0.25) is 10.1 Å². The number of nitro groups is 1. The van der Waals surface area contributed by atoms with Crippen molar-refractivity contribution in [2.24, 2.45) is 0 Å². The fourth-order valence-corrected chi connectivity index (χ4v) is 4.21. The van der Waals surface area contributed by atoms with Crippen molar-refractivity contribution in [2.45, 2.75) is 6.92 Å². The number of thiophene rings is 1. The van der Waals surface area contributed by atoms with Gasteiger partial charge in [0.05, 0.1) is 17.2 Å². The highest BCUT2D eigenvalue weighted by Gasteiger charge is 2.28. The van der Waals surface area contributed by atoms with Crippen molar-refractivity contribution in [3.05, 3.63) is 69.1 Å². The van der Waals surface area contributed by atoms with Crippen LogP contribution in [0.25, 0.3) is 0 Å². The molecule has 148 valence electrons. The zero-order valence-corrected chi connectivity index (χ0v) is 16.2. The number of para-hydroxylation sites is 1. The van der Waals surface area contributed by atoms with Gasteiger partial charge < -0.3 is 20.1 Å². The van der Waals surface area contributed by atoms with Crippen LogP contribution in [0.15, 0.2) is 48.5 Å². The number of benzene rings is 2. The normalized spacial score (nSPS) is 12.8. The van der Waals surface area contributed by atoms with E-state index in [1.54, 1.807) is 19.1 Å². The maximum atomic E-state index is 11.4. The summed E-state index contributed by atoms with van der Waals surface area (Å²) in [5.41, 5.74) is 2.99. The van der Waals surface area contributed by atoms with E-state index in [9.17, 15) is 20.0 Å². The number of rotatable bonds is 5. The fourth-order valence-electron chi connectivity index (χ4n) is 3.29. The summed E-state index contributed by atoms with van der Waals surface area (Å²) in [7, 11) is 0. The van der Waals surface area contributed by atoms with Gasteiger partial charge >= 0.3 is 11.0 Å². The van der Waals surface area contributed by atoms with Gasteiger partial charge in [0.2, 0.25) is 0 Å². The molecule has 1 aliphatic heterocycles. The van der Waals surface area contributed by atoms with Gasteiger partial charge in [0.1, 0.15) is 22.9 Å². The minimum atomic E-state index is -1.18. The number of nitrogens with zero attached hydrogens (tertiary/aromatic N) is 2. The van der Waals surface area contributed by atoms with Crippen molar-refractivity contribution in [3.8, 4) is 5.75 Å². The summed E-state index contributed by atoms with van der Waals surface area (Å²) < 4.78 is 5.75. The molecule has 0 bridgehead atoms. The lowest BCUT2D eigenvalue weighted by molar-refractivity contribution is -0.379. The minimum absolute atomic E-state index is 0.0496. The number of carboxylic acids is 1. The Kier molecular flexibility index (Phi) is 4.81. The van der Waals surface area contributed by atoms with Crippen LogP contribution in [0.1, 0.15) is 15.2 Å². The van der Waals surface area contributed by atoms with Crippen molar-refractivity contribution < 1.29 is 19.6 Å². The second-order valence-electron chi connectivity index (χ2n) is 6.44. The Bertz CT molecular complexity index is 1100. The third-order valence-corrected chi connectivity index (χ3v) is 5.88. The molecule has 0 fully saturated rings. The average Bonchev–Trinajstić information content (AvgIpc) is 3.05. The van der Waals surface area contributed by atoms with E-state index >= 15 is 0 Å². The van der Waals surface area contributed by atoms with Gasteiger partial charge in [-0.1, -0.05) is 29.5 Å². The first kappa shape index (κ1) is 18.8. The topological polar surface area (TPSA) is 105 Å². The maximum absolute atomic E-state index is 11.4. The molecule has 2 aromatic carbocycles. The largest absolute Gasteiger partial charge is 0.490 e. The van der Waals surface area contributed by atoms with E-state index < -0.39 is 10.9 Å². The van der Waals surface area contributed by atoms with E-state index in [4.69, 9.17) is 4.74 Å². The Morgan fingerprint density at radius 2 is 2.03 bits per heavy atom. The van der Waals surface area contributed by atoms with Gasteiger partial charge in [0.25, 0.3) is 0 Å². The van der Waals surface area contributed by atoms with E-state index in [-0.39, 0.29) is 15.6 Å². The van der Waals surface area contributed by atoms with Gasteiger partial charge in [-0.2, -0.15) is 0 Å². The summed E-state index contributed by atoms with van der Waals surface area (Å²) in [6, 6.07) is 15.3. The van der Waals surface area contributed by atoms with Gasteiger partial charge in [0, 0.05) is 16.9 Å². The highest BCUT2D eigenvalue weighted by molar-refractivity contribution is 7.18. The molecule has 1 aromatic heterocycles. The first-order valence-electron chi connectivity index (χ1n) is 8.83. The zero-order chi connectivity index (χ0) is 20.5. The molecule has 3 aromatic rings. The van der Waals surface area contributed by atoms with Crippen LogP contribution in [-0.2, 0) is 0 Å². The number of fused-ring (bicyclic) bond motifs is 1. The smallest absolute Gasteiger partial charge is 0.348 e. The molecule has 0 aliphatic carbocycles. The van der Waals surface area contributed by atoms with E-state index in [1.165, 1.54) is 0 Å². The quantitative estimate of drug-likeness (QED) is 0.453. The van der Waals surface area contributed by atoms with E-state index in [0.717, 1.165) is 11.4 Å². The lowest BCUT2D eigenvalue weighted by Crippen LogP contribution is -2.28. The molecule has 2 N–H and O–H groups in total. The first-order valence-corrected chi connectivity index (χ1v) is 9.65. The molecule has 8 nitrogen and oxygen atoms in total. The van der Waals surface area contributed by atoms with E-state index in [0.29, 0.717) is 41.5 Å². The number of aromatic carboxylic acids is 1. The van der Waals surface area contributed by atoms with Crippen LogP contribution in [0.2, 0.25) is 0 Å². The highest BCUT2D eigenvalue weighted by Crippen LogP contribution is 2.43. The van der Waals surface area contributed by atoms with Crippen LogP contribution >= 0.6 is 11.3 Å². The van der Waals surface area contributed by atoms with Crippen LogP contribution in [0, 0.1) is 17.0 Å². The molecule has 0 saturated heterocycles.